The first-order valence-electron chi connectivity index (χ1n) is 5.76. The number of hydrogen-bond acceptors (Lipinski definition) is 3. The lowest BCUT2D eigenvalue weighted by Gasteiger charge is -2.25. The zero-order valence-electron chi connectivity index (χ0n) is 9.91. The molecule has 0 fully saturated rings. The topological polar surface area (TPSA) is 95.7 Å². The van der Waals surface area contributed by atoms with Gasteiger partial charge in [-0.05, 0) is 18.2 Å². The number of carboxylic acid groups (broad SMARTS) is 2. The second-order valence-electron chi connectivity index (χ2n) is 4.39. The smallest absolute Gasteiger partial charge is 0.407 e. The molecule has 98 valence electrons. The summed E-state index contributed by atoms with van der Waals surface area (Å²) >= 11 is 0. The normalized spacial score (nSPS) is 14.4. The van der Waals surface area contributed by atoms with Crippen LogP contribution in [-0.2, 0) is 13.1 Å². The average molecular weight is 261 g/mol. The van der Waals surface area contributed by atoms with Gasteiger partial charge in [-0.1, -0.05) is 0 Å². The van der Waals surface area contributed by atoms with Gasteiger partial charge < -0.3 is 14.8 Å². The number of imidazole rings is 1. The third-order valence-corrected chi connectivity index (χ3v) is 3.27. The third-order valence-electron chi connectivity index (χ3n) is 3.27. The summed E-state index contributed by atoms with van der Waals surface area (Å²) in [4.78, 5) is 27.5. The van der Waals surface area contributed by atoms with E-state index < -0.39 is 12.1 Å². The van der Waals surface area contributed by atoms with Crippen molar-refractivity contribution >= 4 is 23.1 Å². The maximum absolute atomic E-state index is 10.9. The van der Waals surface area contributed by atoms with Crippen LogP contribution >= 0.6 is 0 Å². The van der Waals surface area contributed by atoms with Crippen LogP contribution in [0.5, 0.6) is 0 Å². The Balaban J connectivity index is 2.08. The van der Waals surface area contributed by atoms with Crippen LogP contribution in [0, 0.1) is 0 Å². The number of carbonyl (C=O) groups is 2. The number of aromatic carboxylic acids is 1. The molecule has 0 spiro atoms. The van der Waals surface area contributed by atoms with Crippen molar-refractivity contribution in [2.45, 2.75) is 13.1 Å². The van der Waals surface area contributed by atoms with Gasteiger partial charge in [0.1, 0.15) is 5.82 Å². The number of carboxylic acids is 1. The molecule has 19 heavy (non-hydrogen) atoms. The highest BCUT2D eigenvalue weighted by molar-refractivity contribution is 5.92. The summed E-state index contributed by atoms with van der Waals surface area (Å²) in [5.74, 6) is -0.355. The van der Waals surface area contributed by atoms with Gasteiger partial charge >= 0.3 is 12.1 Å². The number of rotatable bonds is 1. The molecule has 0 atom stereocenters. The molecular formula is C12H11N3O4. The van der Waals surface area contributed by atoms with E-state index in [2.05, 4.69) is 4.98 Å². The molecule has 2 heterocycles. The molecule has 2 aromatic rings. The molecule has 3 rings (SSSR count). The summed E-state index contributed by atoms with van der Waals surface area (Å²) in [6.45, 7) is 1.17. The second kappa shape index (κ2) is 3.98. The highest BCUT2D eigenvalue weighted by Gasteiger charge is 2.23. The van der Waals surface area contributed by atoms with E-state index in [1.54, 1.807) is 6.07 Å². The van der Waals surface area contributed by atoms with Crippen molar-refractivity contribution in [2.24, 2.45) is 0 Å². The van der Waals surface area contributed by atoms with E-state index in [4.69, 9.17) is 10.2 Å². The fourth-order valence-corrected chi connectivity index (χ4v) is 2.32. The quantitative estimate of drug-likeness (QED) is 0.804. The molecule has 1 amide bonds. The fraction of sp³-hybridized carbons (Fsp3) is 0.250. The molecule has 0 unspecified atom stereocenters. The van der Waals surface area contributed by atoms with E-state index in [1.807, 2.05) is 4.57 Å². The van der Waals surface area contributed by atoms with Crippen LogP contribution in [0.15, 0.2) is 18.2 Å². The van der Waals surface area contributed by atoms with Gasteiger partial charge in [0.25, 0.3) is 0 Å². The predicted molar refractivity (Wildman–Crippen MR) is 65.1 cm³/mol. The molecule has 1 aliphatic rings. The first-order chi connectivity index (χ1) is 9.06. The zero-order chi connectivity index (χ0) is 13.6. The van der Waals surface area contributed by atoms with Crippen LogP contribution in [0.3, 0.4) is 0 Å². The van der Waals surface area contributed by atoms with Crippen molar-refractivity contribution < 1.29 is 19.8 Å². The van der Waals surface area contributed by atoms with Crippen molar-refractivity contribution in [3.63, 3.8) is 0 Å². The van der Waals surface area contributed by atoms with E-state index in [-0.39, 0.29) is 12.1 Å². The van der Waals surface area contributed by atoms with E-state index in [0.29, 0.717) is 24.4 Å². The Labute approximate surface area is 107 Å². The van der Waals surface area contributed by atoms with Crippen LogP contribution in [0.2, 0.25) is 0 Å². The minimum absolute atomic E-state index is 0.179. The lowest BCUT2D eigenvalue weighted by atomic mass is 10.2. The predicted octanol–water partition coefficient (Wildman–Crippen LogP) is 1.23. The first kappa shape index (κ1) is 11.5. The first-order valence-corrected chi connectivity index (χ1v) is 5.76. The molecule has 7 heteroatoms. The third kappa shape index (κ3) is 1.79. The average Bonchev–Trinajstić information content (AvgIpc) is 2.74. The Kier molecular flexibility index (Phi) is 2.41. The highest BCUT2D eigenvalue weighted by Crippen LogP contribution is 2.22. The molecule has 0 saturated heterocycles. The Morgan fingerprint density at radius 2 is 2.00 bits per heavy atom. The Hall–Kier alpha value is -2.57. The Morgan fingerprint density at radius 3 is 2.68 bits per heavy atom. The van der Waals surface area contributed by atoms with E-state index >= 15 is 0 Å². The molecule has 1 aliphatic heterocycles. The summed E-state index contributed by atoms with van der Waals surface area (Å²) in [6, 6.07) is 4.75. The summed E-state index contributed by atoms with van der Waals surface area (Å²) in [5, 5.41) is 17.9. The van der Waals surface area contributed by atoms with E-state index in [0.717, 1.165) is 5.52 Å². The molecule has 0 aliphatic carbocycles. The monoisotopic (exact) mass is 261 g/mol. The van der Waals surface area contributed by atoms with Crippen molar-refractivity contribution in [1.82, 2.24) is 14.5 Å². The van der Waals surface area contributed by atoms with Gasteiger partial charge in [0, 0.05) is 13.1 Å². The van der Waals surface area contributed by atoms with Crippen molar-refractivity contribution in [3.05, 3.63) is 29.6 Å². The van der Waals surface area contributed by atoms with Crippen molar-refractivity contribution in [3.8, 4) is 0 Å². The van der Waals surface area contributed by atoms with E-state index in [9.17, 15) is 9.59 Å². The molecule has 1 aromatic carbocycles. The lowest BCUT2D eigenvalue weighted by molar-refractivity contribution is 0.0697. The number of amides is 1. The number of aromatic nitrogens is 2. The van der Waals surface area contributed by atoms with Gasteiger partial charge in [0.15, 0.2) is 0 Å². The Morgan fingerprint density at radius 1 is 1.21 bits per heavy atom. The van der Waals surface area contributed by atoms with Gasteiger partial charge in [0.05, 0.1) is 23.1 Å². The van der Waals surface area contributed by atoms with E-state index in [1.165, 1.54) is 17.0 Å². The minimum atomic E-state index is -1.000. The molecule has 0 radical (unpaired) electrons. The van der Waals surface area contributed by atoms with Gasteiger partial charge in [-0.15, -0.1) is 0 Å². The van der Waals surface area contributed by atoms with Gasteiger partial charge in [-0.3, -0.25) is 4.90 Å². The molecule has 2 N–H and O–H groups in total. The van der Waals surface area contributed by atoms with Gasteiger partial charge in [0.2, 0.25) is 0 Å². The SMILES string of the molecule is O=C(O)c1ccc2c(c1)nc1n2CCN(C(=O)O)C1. The van der Waals surface area contributed by atoms with Crippen molar-refractivity contribution in [1.29, 1.82) is 0 Å². The maximum Gasteiger partial charge on any atom is 0.407 e. The van der Waals surface area contributed by atoms with Gasteiger partial charge in [-0.25, -0.2) is 14.6 Å². The summed E-state index contributed by atoms with van der Waals surface area (Å²) in [7, 11) is 0. The zero-order valence-corrected chi connectivity index (χ0v) is 9.91. The molecular weight excluding hydrogens is 250 g/mol. The maximum atomic E-state index is 10.9. The van der Waals surface area contributed by atoms with Crippen LogP contribution in [-0.4, -0.2) is 43.3 Å². The molecule has 1 aromatic heterocycles. The van der Waals surface area contributed by atoms with Crippen molar-refractivity contribution in [2.75, 3.05) is 6.54 Å². The molecule has 7 nitrogen and oxygen atoms in total. The lowest BCUT2D eigenvalue weighted by Crippen LogP contribution is -2.37. The fourth-order valence-electron chi connectivity index (χ4n) is 2.32. The van der Waals surface area contributed by atoms with Crippen LogP contribution in [0.1, 0.15) is 16.2 Å². The minimum Gasteiger partial charge on any atom is -0.478 e. The largest absolute Gasteiger partial charge is 0.478 e. The standard InChI is InChI=1S/C12H11N3O4/c16-11(17)7-1-2-9-8(5-7)13-10-6-14(12(18)19)3-4-15(9)10/h1-2,5H,3-4,6H2,(H,16,17)(H,18,19). The molecule has 0 saturated carbocycles. The van der Waals surface area contributed by atoms with Crippen LogP contribution in [0.4, 0.5) is 4.79 Å². The number of nitrogens with zero attached hydrogens (tertiary/aromatic N) is 3. The summed E-state index contributed by atoms with van der Waals surface area (Å²) in [6.07, 6.45) is -0.968. The second-order valence-corrected chi connectivity index (χ2v) is 4.39. The number of hydrogen-bond donors (Lipinski definition) is 2. The Bertz CT molecular complexity index is 692. The van der Waals surface area contributed by atoms with Gasteiger partial charge in [-0.2, -0.15) is 0 Å². The van der Waals surface area contributed by atoms with Crippen LogP contribution < -0.4 is 0 Å². The number of benzene rings is 1. The van der Waals surface area contributed by atoms with Crippen LogP contribution in [0.25, 0.3) is 11.0 Å². The molecule has 0 bridgehead atoms. The summed E-state index contributed by atoms with van der Waals surface area (Å²) in [5.41, 5.74) is 1.60. The number of fused-ring (bicyclic) bond motifs is 3. The highest BCUT2D eigenvalue weighted by atomic mass is 16.4. The summed E-state index contributed by atoms with van der Waals surface area (Å²) < 4.78 is 1.93.